The summed E-state index contributed by atoms with van der Waals surface area (Å²) in [6.07, 6.45) is 1.99. The molecule has 0 aromatic heterocycles. The number of ketones is 1. The van der Waals surface area contributed by atoms with Gasteiger partial charge in [0.15, 0.2) is 5.78 Å². The molecule has 0 saturated heterocycles. The fourth-order valence-corrected chi connectivity index (χ4v) is 1.41. The third-order valence-electron chi connectivity index (χ3n) is 2.45. The van der Waals surface area contributed by atoms with Gasteiger partial charge in [0.2, 0.25) is 0 Å². The van der Waals surface area contributed by atoms with Gasteiger partial charge in [0.1, 0.15) is 0 Å². The van der Waals surface area contributed by atoms with Crippen LogP contribution in [0.15, 0.2) is 0 Å². The lowest BCUT2D eigenvalue weighted by atomic mass is 9.88. The van der Waals surface area contributed by atoms with Gasteiger partial charge in [-0.25, -0.2) is 0 Å². The van der Waals surface area contributed by atoms with Crippen LogP contribution in [0.25, 0.3) is 0 Å². The Morgan fingerprint density at radius 2 is 1.67 bits per heavy atom. The van der Waals surface area contributed by atoms with Gasteiger partial charge in [-0.15, -0.1) is 0 Å². The van der Waals surface area contributed by atoms with E-state index in [1.165, 1.54) is 0 Å². The molecule has 0 radical (unpaired) electrons. The van der Waals surface area contributed by atoms with Crippen molar-refractivity contribution in [3.8, 4) is 0 Å². The first-order chi connectivity index (χ1) is 5.54. The number of hydrogen-bond acceptors (Lipinski definition) is 2. The molecule has 0 spiro atoms. The molecule has 0 rings (SSSR count). The average Bonchev–Trinajstić information content (AvgIpc) is 2.05. The highest BCUT2D eigenvalue weighted by Gasteiger charge is 2.23. The summed E-state index contributed by atoms with van der Waals surface area (Å²) in [5, 5.41) is 0. The predicted octanol–water partition coefficient (Wildman–Crippen LogP) is 1.97. The number of nitrogens with two attached hydrogens (primary N) is 1. The maximum atomic E-state index is 11.5. The molecule has 0 heterocycles. The Bertz CT molecular complexity index is 139. The van der Waals surface area contributed by atoms with Gasteiger partial charge >= 0.3 is 0 Å². The summed E-state index contributed by atoms with van der Waals surface area (Å²) < 4.78 is 0. The molecule has 0 aliphatic carbocycles. The number of rotatable bonds is 5. The number of Topliss-reactive ketones (excluding diaryl/α,β-unsaturated/α-hetero) is 1. The maximum Gasteiger partial charge on any atom is 0.152 e. The van der Waals surface area contributed by atoms with Crippen molar-refractivity contribution in [1.29, 1.82) is 0 Å². The first-order valence-corrected chi connectivity index (χ1v) is 4.83. The van der Waals surface area contributed by atoms with Crippen molar-refractivity contribution in [3.05, 3.63) is 0 Å². The molecular formula is C10H21NO. The van der Waals surface area contributed by atoms with Gasteiger partial charge in [-0.3, -0.25) is 4.79 Å². The molecular weight excluding hydrogens is 150 g/mol. The normalized spacial score (nSPS) is 13.9. The second-order valence-corrected chi connectivity index (χ2v) is 3.66. The van der Waals surface area contributed by atoms with Crippen molar-refractivity contribution in [2.24, 2.45) is 17.6 Å². The topological polar surface area (TPSA) is 43.1 Å². The third-order valence-corrected chi connectivity index (χ3v) is 2.45. The molecule has 0 bridgehead atoms. The Balaban J connectivity index is 4.15. The Morgan fingerprint density at radius 1 is 1.25 bits per heavy atom. The molecule has 2 N–H and O–H groups in total. The van der Waals surface area contributed by atoms with Crippen molar-refractivity contribution in [2.75, 3.05) is 0 Å². The average molecular weight is 171 g/mol. The van der Waals surface area contributed by atoms with E-state index in [1.54, 1.807) is 0 Å². The Kier molecular flexibility index (Phi) is 5.14. The lowest BCUT2D eigenvalue weighted by Gasteiger charge is -2.21. The lowest BCUT2D eigenvalue weighted by Crippen LogP contribution is -2.40. The summed E-state index contributed by atoms with van der Waals surface area (Å²) >= 11 is 0. The Morgan fingerprint density at radius 3 is 1.92 bits per heavy atom. The number of carbonyl (C=O) groups is 1. The highest BCUT2D eigenvalue weighted by atomic mass is 16.1. The molecule has 0 amide bonds. The minimum atomic E-state index is -0.250. The maximum absolute atomic E-state index is 11.5. The molecule has 0 aromatic rings. The smallest absolute Gasteiger partial charge is 0.152 e. The SMILES string of the molecule is CCC(CC)[C@H](N)C(=O)C(C)C. The molecule has 0 saturated carbocycles. The second kappa shape index (κ2) is 5.31. The van der Waals surface area contributed by atoms with Gasteiger partial charge in [0, 0.05) is 5.92 Å². The number of hydrogen-bond donors (Lipinski definition) is 1. The molecule has 0 aliphatic rings. The number of carbonyl (C=O) groups excluding carboxylic acids is 1. The molecule has 1 atom stereocenters. The lowest BCUT2D eigenvalue weighted by molar-refractivity contribution is -0.124. The fraction of sp³-hybridized carbons (Fsp3) is 0.900. The molecule has 0 aliphatic heterocycles. The van der Waals surface area contributed by atoms with E-state index in [9.17, 15) is 4.79 Å². The van der Waals surface area contributed by atoms with E-state index in [4.69, 9.17) is 5.73 Å². The van der Waals surface area contributed by atoms with Crippen molar-refractivity contribution in [1.82, 2.24) is 0 Å². The van der Waals surface area contributed by atoms with Crippen molar-refractivity contribution < 1.29 is 4.79 Å². The molecule has 0 fully saturated rings. The molecule has 2 heteroatoms. The van der Waals surface area contributed by atoms with Crippen molar-refractivity contribution in [3.63, 3.8) is 0 Å². The van der Waals surface area contributed by atoms with Crippen LogP contribution in [0.3, 0.4) is 0 Å². The van der Waals surface area contributed by atoms with E-state index >= 15 is 0 Å². The summed E-state index contributed by atoms with van der Waals surface area (Å²) in [5.74, 6) is 0.629. The van der Waals surface area contributed by atoms with E-state index < -0.39 is 0 Å². The van der Waals surface area contributed by atoms with Crippen LogP contribution in [0, 0.1) is 11.8 Å². The van der Waals surface area contributed by atoms with Gasteiger partial charge in [0.25, 0.3) is 0 Å². The van der Waals surface area contributed by atoms with E-state index in [-0.39, 0.29) is 17.7 Å². The zero-order valence-corrected chi connectivity index (χ0v) is 8.63. The van der Waals surface area contributed by atoms with Gasteiger partial charge < -0.3 is 5.73 Å². The summed E-state index contributed by atoms with van der Waals surface area (Å²) in [6.45, 7) is 7.98. The van der Waals surface area contributed by atoms with Gasteiger partial charge in [0.05, 0.1) is 6.04 Å². The summed E-state index contributed by atoms with van der Waals surface area (Å²) in [7, 11) is 0. The van der Waals surface area contributed by atoms with Gasteiger partial charge in [-0.2, -0.15) is 0 Å². The zero-order valence-electron chi connectivity index (χ0n) is 8.63. The van der Waals surface area contributed by atoms with Crippen LogP contribution in [0.5, 0.6) is 0 Å². The molecule has 2 nitrogen and oxygen atoms in total. The first-order valence-electron chi connectivity index (χ1n) is 4.83. The Hall–Kier alpha value is -0.370. The van der Waals surface area contributed by atoms with Crippen molar-refractivity contribution in [2.45, 2.75) is 46.6 Å². The quantitative estimate of drug-likeness (QED) is 0.687. The minimum absolute atomic E-state index is 0.0700. The molecule has 12 heavy (non-hydrogen) atoms. The second-order valence-electron chi connectivity index (χ2n) is 3.66. The van der Waals surface area contributed by atoms with Crippen LogP contribution in [0.4, 0.5) is 0 Å². The van der Waals surface area contributed by atoms with E-state index in [0.717, 1.165) is 12.8 Å². The van der Waals surface area contributed by atoms with E-state index in [1.807, 2.05) is 13.8 Å². The van der Waals surface area contributed by atoms with Gasteiger partial charge in [-0.05, 0) is 5.92 Å². The molecule has 0 aromatic carbocycles. The predicted molar refractivity (Wildman–Crippen MR) is 51.9 cm³/mol. The van der Waals surface area contributed by atoms with Crippen LogP contribution in [0.1, 0.15) is 40.5 Å². The first kappa shape index (κ1) is 11.6. The molecule has 0 unspecified atom stereocenters. The highest BCUT2D eigenvalue weighted by Crippen LogP contribution is 2.14. The Labute approximate surface area is 75.5 Å². The summed E-state index contributed by atoms with van der Waals surface area (Å²) in [4.78, 5) is 11.5. The summed E-state index contributed by atoms with van der Waals surface area (Å²) in [5.41, 5.74) is 5.83. The van der Waals surface area contributed by atoms with Crippen LogP contribution in [-0.2, 0) is 4.79 Å². The van der Waals surface area contributed by atoms with Crippen LogP contribution in [-0.4, -0.2) is 11.8 Å². The minimum Gasteiger partial charge on any atom is -0.321 e. The van der Waals surface area contributed by atoms with Crippen LogP contribution < -0.4 is 5.73 Å². The van der Waals surface area contributed by atoms with Crippen molar-refractivity contribution >= 4 is 5.78 Å². The van der Waals surface area contributed by atoms with E-state index in [0.29, 0.717) is 5.92 Å². The molecule has 72 valence electrons. The summed E-state index contributed by atoms with van der Waals surface area (Å²) in [6, 6.07) is -0.250. The van der Waals surface area contributed by atoms with Gasteiger partial charge in [-0.1, -0.05) is 40.5 Å². The monoisotopic (exact) mass is 171 g/mol. The zero-order chi connectivity index (χ0) is 9.72. The van der Waals surface area contributed by atoms with E-state index in [2.05, 4.69) is 13.8 Å². The third kappa shape index (κ3) is 2.94. The largest absolute Gasteiger partial charge is 0.321 e. The van der Waals surface area contributed by atoms with Crippen LogP contribution >= 0.6 is 0 Å². The standard InChI is InChI=1S/C10H21NO/c1-5-8(6-2)9(11)10(12)7(3)4/h7-9H,5-6,11H2,1-4H3/t9-/m0/s1. The fourth-order valence-electron chi connectivity index (χ4n) is 1.41. The van der Waals surface area contributed by atoms with Crippen LogP contribution in [0.2, 0.25) is 0 Å². The highest BCUT2D eigenvalue weighted by molar-refractivity contribution is 5.85.